The van der Waals surface area contributed by atoms with E-state index in [0.717, 1.165) is 41.2 Å². The second-order valence-corrected chi connectivity index (χ2v) is 9.55. The van der Waals surface area contributed by atoms with Gasteiger partial charge in [-0.3, -0.25) is 0 Å². The van der Waals surface area contributed by atoms with E-state index in [0.29, 0.717) is 26.4 Å². The van der Waals surface area contributed by atoms with Crippen LogP contribution in [0.5, 0.6) is 0 Å². The number of aliphatic hydroxyl groups excluding tert-OH is 1. The van der Waals surface area contributed by atoms with Crippen LogP contribution < -0.4 is 0 Å². The summed E-state index contributed by atoms with van der Waals surface area (Å²) in [5, 5.41) is 17.1. The highest BCUT2D eigenvalue weighted by molar-refractivity contribution is 5.82. The molecule has 9 heteroatoms. The fraction of sp³-hybridized carbons (Fsp3) is 0.448. The predicted octanol–water partition coefficient (Wildman–Crippen LogP) is 5.42. The summed E-state index contributed by atoms with van der Waals surface area (Å²) in [6.45, 7) is 1.47. The summed E-state index contributed by atoms with van der Waals surface area (Å²) < 4.78 is 30.7. The maximum absolute atomic E-state index is 11.3. The number of benzene rings is 3. The van der Waals surface area contributed by atoms with Crippen molar-refractivity contribution < 1.29 is 28.8 Å². The number of ether oxygens (including phenoxy) is 5. The lowest BCUT2D eigenvalue weighted by molar-refractivity contribution is -0.367. The lowest BCUT2D eigenvalue weighted by atomic mass is 9.97. The molecule has 0 radical (unpaired) electrons. The topological polar surface area (TPSA) is 115 Å². The summed E-state index contributed by atoms with van der Waals surface area (Å²) in [7, 11) is 0. The van der Waals surface area contributed by atoms with Crippen molar-refractivity contribution in [1.82, 2.24) is 0 Å². The first-order valence-corrected chi connectivity index (χ1v) is 13.1. The molecule has 1 N–H and O–H groups in total. The molecular formula is C29H33N3O6. The molecule has 5 rings (SSSR count). The van der Waals surface area contributed by atoms with Crippen molar-refractivity contribution in [2.75, 3.05) is 19.8 Å². The number of nitrogens with zero attached hydrogens (tertiary/aromatic N) is 3. The highest BCUT2D eigenvalue weighted by Crippen LogP contribution is 2.36. The van der Waals surface area contributed by atoms with Gasteiger partial charge in [-0.25, -0.2) is 0 Å². The zero-order valence-corrected chi connectivity index (χ0v) is 21.2. The van der Waals surface area contributed by atoms with Crippen LogP contribution in [0.2, 0.25) is 0 Å². The van der Waals surface area contributed by atoms with E-state index >= 15 is 0 Å². The summed E-state index contributed by atoms with van der Waals surface area (Å²) >= 11 is 0. The molecule has 2 aliphatic heterocycles. The van der Waals surface area contributed by atoms with Crippen LogP contribution in [0.15, 0.2) is 77.9 Å². The Morgan fingerprint density at radius 3 is 2.58 bits per heavy atom. The summed E-state index contributed by atoms with van der Waals surface area (Å²) in [6, 6.07) is 24.1. The average Bonchev–Trinajstić information content (AvgIpc) is 2.96. The van der Waals surface area contributed by atoms with Crippen LogP contribution in [-0.2, 0) is 30.3 Å². The molecule has 0 aromatic heterocycles. The SMILES string of the molecule is [N-]=[N+]=NCCCCCO[C@H]1OC2COC(c3ccccc3)O[C@@H]2C(OCc2ccc3ccccc3c2)C1O. The number of fused-ring (bicyclic) bond motifs is 2. The van der Waals surface area contributed by atoms with Gasteiger partial charge in [-0.2, -0.15) is 0 Å². The number of unbranched alkanes of at least 4 members (excludes halogenated alkanes) is 2. The largest absolute Gasteiger partial charge is 0.385 e. The summed E-state index contributed by atoms with van der Waals surface area (Å²) in [4.78, 5) is 2.77. The highest BCUT2D eigenvalue weighted by Gasteiger charge is 2.50. The van der Waals surface area contributed by atoms with Gasteiger partial charge in [0, 0.05) is 23.6 Å². The minimum absolute atomic E-state index is 0.290. The third-order valence-corrected chi connectivity index (χ3v) is 6.88. The first-order valence-electron chi connectivity index (χ1n) is 13.1. The number of aliphatic hydroxyl groups is 1. The number of hydrogen-bond donors (Lipinski definition) is 1. The van der Waals surface area contributed by atoms with Crippen molar-refractivity contribution >= 4 is 10.8 Å². The monoisotopic (exact) mass is 519 g/mol. The molecule has 6 atom stereocenters. The van der Waals surface area contributed by atoms with Crippen LogP contribution in [0, 0.1) is 0 Å². The van der Waals surface area contributed by atoms with E-state index in [2.05, 4.69) is 34.3 Å². The summed E-state index contributed by atoms with van der Waals surface area (Å²) in [5.41, 5.74) is 10.3. The Morgan fingerprint density at radius 2 is 1.74 bits per heavy atom. The Labute approximate surface area is 221 Å². The third kappa shape index (κ3) is 6.51. The molecule has 4 unspecified atom stereocenters. The van der Waals surface area contributed by atoms with E-state index in [4.69, 9.17) is 29.2 Å². The second-order valence-electron chi connectivity index (χ2n) is 9.55. The molecule has 0 saturated carbocycles. The van der Waals surface area contributed by atoms with Gasteiger partial charge in [0.05, 0.1) is 13.2 Å². The van der Waals surface area contributed by atoms with E-state index in [-0.39, 0.29) is 0 Å². The minimum atomic E-state index is -1.05. The lowest BCUT2D eigenvalue weighted by Gasteiger charge is -2.47. The number of hydrogen-bond acceptors (Lipinski definition) is 7. The van der Waals surface area contributed by atoms with Gasteiger partial charge in [-0.1, -0.05) is 78.3 Å². The first-order chi connectivity index (χ1) is 18.7. The normalized spacial score (nSPS) is 27.0. The fourth-order valence-corrected chi connectivity index (χ4v) is 4.90. The van der Waals surface area contributed by atoms with Crippen LogP contribution in [-0.4, -0.2) is 55.6 Å². The van der Waals surface area contributed by atoms with Crippen LogP contribution in [0.25, 0.3) is 21.2 Å². The van der Waals surface area contributed by atoms with Gasteiger partial charge < -0.3 is 28.8 Å². The van der Waals surface area contributed by atoms with Crippen LogP contribution in [0.1, 0.15) is 36.7 Å². The smallest absolute Gasteiger partial charge is 0.186 e. The van der Waals surface area contributed by atoms with E-state index in [1.54, 1.807) is 0 Å². The van der Waals surface area contributed by atoms with Gasteiger partial charge in [-0.05, 0) is 40.8 Å². The molecule has 2 fully saturated rings. The Hall–Kier alpha value is -3.01. The standard InChI is InChI=1S/C29H33N3O6/c30-32-31-15-7-2-8-16-34-29-25(33)27(35-18-20-13-14-21-9-5-6-12-23(21)17-20)26-24(37-29)19-36-28(38-26)22-10-3-1-4-11-22/h1,3-6,9-14,17,24-29,33H,2,7-8,15-16,18-19H2/t24?,25?,26-,27?,28?,29-/m0/s1. The number of rotatable bonds is 11. The van der Waals surface area contributed by atoms with E-state index in [9.17, 15) is 5.11 Å². The molecule has 0 bridgehead atoms. The molecule has 2 aliphatic rings. The van der Waals surface area contributed by atoms with Crippen LogP contribution in [0.3, 0.4) is 0 Å². The van der Waals surface area contributed by atoms with Crippen molar-refractivity contribution in [3.05, 3.63) is 94.4 Å². The molecule has 0 aliphatic carbocycles. The predicted molar refractivity (Wildman–Crippen MR) is 141 cm³/mol. The molecule has 2 saturated heterocycles. The van der Waals surface area contributed by atoms with Gasteiger partial charge >= 0.3 is 0 Å². The van der Waals surface area contributed by atoms with Crippen molar-refractivity contribution in [3.8, 4) is 0 Å². The summed E-state index contributed by atoms with van der Waals surface area (Å²) in [6.07, 6.45) is -1.76. The quantitative estimate of drug-likeness (QED) is 0.156. The zero-order chi connectivity index (χ0) is 26.2. The first kappa shape index (κ1) is 26.6. The maximum Gasteiger partial charge on any atom is 0.186 e. The van der Waals surface area contributed by atoms with Gasteiger partial charge in [-0.15, -0.1) is 0 Å². The molecule has 9 nitrogen and oxygen atoms in total. The minimum Gasteiger partial charge on any atom is -0.385 e. The van der Waals surface area contributed by atoms with Gasteiger partial charge in [0.15, 0.2) is 12.6 Å². The Morgan fingerprint density at radius 1 is 0.921 bits per heavy atom. The molecular weight excluding hydrogens is 486 g/mol. The van der Waals surface area contributed by atoms with Crippen molar-refractivity contribution in [2.24, 2.45) is 5.11 Å². The highest BCUT2D eigenvalue weighted by atomic mass is 16.8. The molecule has 2 heterocycles. The second kappa shape index (κ2) is 13.2. The van der Waals surface area contributed by atoms with Crippen LogP contribution in [0.4, 0.5) is 0 Å². The van der Waals surface area contributed by atoms with Crippen LogP contribution >= 0.6 is 0 Å². The maximum atomic E-state index is 11.3. The molecule has 3 aromatic rings. The molecule has 38 heavy (non-hydrogen) atoms. The number of azide groups is 1. The molecule has 200 valence electrons. The van der Waals surface area contributed by atoms with E-state index in [1.165, 1.54) is 0 Å². The molecule has 3 aromatic carbocycles. The van der Waals surface area contributed by atoms with Crippen molar-refractivity contribution in [3.63, 3.8) is 0 Å². The van der Waals surface area contributed by atoms with Crippen molar-refractivity contribution in [1.29, 1.82) is 0 Å². The average molecular weight is 520 g/mol. The van der Waals surface area contributed by atoms with E-state index in [1.807, 2.05) is 48.5 Å². The Balaban J connectivity index is 1.27. The van der Waals surface area contributed by atoms with Crippen molar-refractivity contribution in [2.45, 2.75) is 62.9 Å². The zero-order valence-electron chi connectivity index (χ0n) is 21.2. The van der Waals surface area contributed by atoms with E-state index < -0.39 is 37.0 Å². The Bertz CT molecular complexity index is 1220. The van der Waals surface area contributed by atoms with Gasteiger partial charge in [0.1, 0.15) is 24.4 Å². The van der Waals surface area contributed by atoms with Gasteiger partial charge in [0.2, 0.25) is 0 Å². The molecule has 0 amide bonds. The molecule has 0 spiro atoms. The summed E-state index contributed by atoms with van der Waals surface area (Å²) in [5.74, 6) is 0. The lowest BCUT2D eigenvalue weighted by Crippen LogP contribution is -2.63. The van der Waals surface area contributed by atoms with Gasteiger partial charge in [0.25, 0.3) is 0 Å². The Kier molecular flexibility index (Phi) is 9.22. The third-order valence-electron chi connectivity index (χ3n) is 6.88. The fourth-order valence-electron chi connectivity index (χ4n) is 4.90.